The van der Waals surface area contributed by atoms with Gasteiger partial charge in [0.2, 0.25) is 5.91 Å². The quantitative estimate of drug-likeness (QED) is 0.660. The smallest absolute Gasteiger partial charge is 0.251 e. The molecule has 0 aromatic heterocycles. The van der Waals surface area contributed by atoms with Crippen LogP contribution in [0, 0.1) is 0 Å². The molecule has 1 atom stereocenters. The van der Waals surface area contributed by atoms with E-state index in [0.29, 0.717) is 17.7 Å². The maximum absolute atomic E-state index is 11.7. The van der Waals surface area contributed by atoms with Crippen LogP contribution in [0.15, 0.2) is 24.3 Å². The molecule has 1 rings (SSSR count). The molecule has 0 aliphatic rings. The molecule has 0 aliphatic heterocycles. The number of primary amides is 1. The lowest BCUT2D eigenvalue weighted by Crippen LogP contribution is -2.37. The maximum Gasteiger partial charge on any atom is 0.251 e. The molecule has 1 unspecified atom stereocenters. The van der Waals surface area contributed by atoms with Gasteiger partial charge in [0.05, 0.1) is 0 Å². The van der Waals surface area contributed by atoms with Crippen LogP contribution < -0.4 is 16.8 Å². The molecule has 86 valence electrons. The zero-order valence-electron chi connectivity index (χ0n) is 9.07. The van der Waals surface area contributed by atoms with Crippen LogP contribution in [0.3, 0.4) is 0 Å². The van der Waals surface area contributed by atoms with Gasteiger partial charge in [0.25, 0.3) is 5.91 Å². The third kappa shape index (κ3) is 3.06. The third-order valence-electron chi connectivity index (χ3n) is 2.14. The Morgan fingerprint density at radius 1 is 1.38 bits per heavy atom. The lowest BCUT2D eigenvalue weighted by molar-refractivity contribution is 0.0941. The van der Waals surface area contributed by atoms with Crippen molar-refractivity contribution in [1.82, 2.24) is 5.32 Å². The van der Waals surface area contributed by atoms with Crippen molar-refractivity contribution in [1.29, 1.82) is 0 Å². The van der Waals surface area contributed by atoms with E-state index in [0.717, 1.165) is 0 Å². The molecule has 0 heterocycles. The number of nitrogens with two attached hydrogens (primary N) is 2. The molecule has 0 aliphatic carbocycles. The van der Waals surface area contributed by atoms with Crippen molar-refractivity contribution in [3.8, 4) is 0 Å². The van der Waals surface area contributed by atoms with E-state index in [1.807, 2.05) is 0 Å². The summed E-state index contributed by atoms with van der Waals surface area (Å²) in [6.07, 6.45) is 0. The number of hydrogen-bond acceptors (Lipinski definition) is 3. The molecule has 0 bridgehead atoms. The Labute approximate surface area is 93.8 Å². The van der Waals surface area contributed by atoms with Gasteiger partial charge in [-0.15, -0.1) is 0 Å². The first kappa shape index (κ1) is 12.2. The molecule has 1 aromatic rings. The van der Waals surface area contributed by atoms with Crippen LogP contribution >= 0.6 is 0 Å². The van der Waals surface area contributed by atoms with Gasteiger partial charge in [-0.3, -0.25) is 9.59 Å². The van der Waals surface area contributed by atoms with Gasteiger partial charge >= 0.3 is 0 Å². The SMILES string of the molecule is CC(CN)NC(=O)c1cccc(C(N)=O)c1. The first-order valence-corrected chi connectivity index (χ1v) is 4.95. The zero-order valence-corrected chi connectivity index (χ0v) is 9.07. The van der Waals surface area contributed by atoms with Crippen LogP contribution in [-0.4, -0.2) is 24.4 Å². The van der Waals surface area contributed by atoms with Crippen LogP contribution in [0.1, 0.15) is 27.6 Å². The van der Waals surface area contributed by atoms with Gasteiger partial charge in [0, 0.05) is 23.7 Å². The topological polar surface area (TPSA) is 98.2 Å². The average Bonchev–Trinajstić information content (AvgIpc) is 2.28. The largest absolute Gasteiger partial charge is 0.366 e. The molecule has 0 saturated heterocycles. The molecule has 5 nitrogen and oxygen atoms in total. The van der Waals surface area contributed by atoms with Crippen LogP contribution in [0.5, 0.6) is 0 Å². The van der Waals surface area contributed by atoms with E-state index in [2.05, 4.69) is 5.32 Å². The molecule has 0 fully saturated rings. The molecule has 5 heteroatoms. The number of benzene rings is 1. The van der Waals surface area contributed by atoms with Crippen molar-refractivity contribution in [3.63, 3.8) is 0 Å². The van der Waals surface area contributed by atoms with Crippen molar-refractivity contribution in [3.05, 3.63) is 35.4 Å². The van der Waals surface area contributed by atoms with Gasteiger partial charge in [0.15, 0.2) is 0 Å². The Hall–Kier alpha value is -1.88. The second kappa shape index (κ2) is 5.27. The number of amides is 2. The molecule has 0 saturated carbocycles. The first-order valence-electron chi connectivity index (χ1n) is 4.95. The summed E-state index contributed by atoms with van der Waals surface area (Å²) in [5.41, 5.74) is 11.2. The average molecular weight is 221 g/mol. The minimum atomic E-state index is -0.554. The highest BCUT2D eigenvalue weighted by atomic mass is 16.2. The second-order valence-electron chi connectivity index (χ2n) is 3.56. The fraction of sp³-hybridized carbons (Fsp3) is 0.273. The van der Waals surface area contributed by atoms with Gasteiger partial charge in [-0.05, 0) is 25.1 Å². The predicted octanol–water partition coefficient (Wildman–Crippen LogP) is -0.137. The Bertz CT molecular complexity index is 404. The minimum Gasteiger partial charge on any atom is -0.366 e. The molecular formula is C11H15N3O2. The fourth-order valence-corrected chi connectivity index (χ4v) is 1.18. The number of carbonyl (C=O) groups excluding carboxylic acids is 2. The van der Waals surface area contributed by atoms with Crippen molar-refractivity contribution < 1.29 is 9.59 Å². The zero-order chi connectivity index (χ0) is 12.1. The van der Waals surface area contributed by atoms with Gasteiger partial charge in [-0.25, -0.2) is 0 Å². The molecular weight excluding hydrogens is 206 g/mol. The van der Waals surface area contributed by atoms with Crippen molar-refractivity contribution in [2.24, 2.45) is 11.5 Å². The highest BCUT2D eigenvalue weighted by molar-refractivity contribution is 5.99. The summed E-state index contributed by atoms with van der Waals surface area (Å²) in [4.78, 5) is 22.6. The van der Waals surface area contributed by atoms with E-state index in [1.54, 1.807) is 25.1 Å². The van der Waals surface area contributed by atoms with Crippen LogP contribution in [-0.2, 0) is 0 Å². The molecule has 16 heavy (non-hydrogen) atoms. The Kier molecular flexibility index (Phi) is 4.02. The Morgan fingerprint density at radius 2 is 2.00 bits per heavy atom. The molecule has 0 spiro atoms. The van der Waals surface area contributed by atoms with Crippen LogP contribution in [0.25, 0.3) is 0 Å². The summed E-state index contributed by atoms with van der Waals surface area (Å²) in [5, 5.41) is 2.70. The number of hydrogen-bond donors (Lipinski definition) is 3. The van der Waals surface area contributed by atoms with E-state index in [9.17, 15) is 9.59 Å². The summed E-state index contributed by atoms with van der Waals surface area (Å²) in [5.74, 6) is -0.817. The van der Waals surface area contributed by atoms with Crippen molar-refractivity contribution in [2.45, 2.75) is 13.0 Å². The Balaban J connectivity index is 2.83. The van der Waals surface area contributed by atoms with E-state index < -0.39 is 5.91 Å². The van der Waals surface area contributed by atoms with Crippen molar-refractivity contribution >= 4 is 11.8 Å². The van der Waals surface area contributed by atoms with Gasteiger partial charge in [-0.1, -0.05) is 6.07 Å². The minimum absolute atomic E-state index is 0.107. The standard InChI is InChI=1S/C11H15N3O2/c1-7(6-12)14-11(16)9-4-2-3-8(5-9)10(13)15/h2-5,7H,6,12H2,1H3,(H2,13,15)(H,14,16). The van der Waals surface area contributed by atoms with Gasteiger partial charge < -0.3 is 16.8 Å². The Morgan fingerprint density at radius 3 is 2.56 bits per heavy atom. The summed E-state index contributed by atoms with van der Waals surface area (Å²) in [6, 6.07) is 6.14. The summed E-state index contributed by atoms with van der Waals surface area (Å²) in [7, 11) is 0. The maximum atomic E-state index is 11.7. The van der Waals surface area contributed by atoms with Crippen LogP contribution in [0.2, 0.25) is 0 Å². The molecule has 0 radical (unpaired) electrons. The summed E-state index contributed by atoms with van der Waals surface area (Å²) < 4.78 is 0. The molecule has 2 amide bonds. The number of carbonyl (C=O) groups is 2. The van der Waals surface area contributed by atoms with E-state index >= 15 is 0 Å². The second-order valence-corrected chi connectivity index (χ2v) is 3.56. The normalized spacial score (nSPS) is 11.9. The third-order valence-corrected chi connectivity index (χ3v) is 2.14. The fourth-order valence-electron chi connectivity index (χ4n) is 1.18. The lowest BCUT2D eigenvalue weighted by Gasteiger charge is -2.11. The number of rotatable bonds is 4. The monoisotopic (exact) mass is 221 g/mol. The van der Waals surface area contributed by atoms with E-state index in [1.165, 1.54) is 6.07 Å². The molecule has 1 aromatic carbocycles. The summed E-state index contributed by atoms with van der Waals surface area (Å²) in [6.45, 7) is 2.16. The molecule has 5 N–H and O–H groups in total. The highest BCUT2D eigenvalue weighted by Crippen LogP contribution is 2.04. The van der Waals surface area contributed by atoms with E-state index in [-0.39, 0.29) is 11.9 Å². The first-order chi connectivity index (χ1) is 7.54. The lowest BCUT2D eigenvalue weighted by atomic mass is 10.1. The predicted molar refractivity (Wildman–Crippen MR) is 60.9 cm³/mol. The van der Waals surface area contributed by atoms with Crippen LogP contribution in [0.4, 0.5) is 0 Å². The highest BCUT2D eigenvalue weighted by Gasteiger charge is 2.10. The van der Waals surface area contributed by atoms with Gasteiger partial charge in [0.1, 0.15) is 0 Å². The van der Waals surface area contributed by atoms with Crippen molar-refractivity contribution in [2.75, 3.05) is 6.54 Å². The van der Waals surface area contributed by atoms with Gasteiger partial charge in [-0.2, -0.15) is 0 Å². The number of nitrogens with one attached hydrogen (secondary N) is 1. The summed E-state index contributed by atoms with van der Waals surface area (Å²) >= 11 is 0. The van der Waals surface area contributed by atoms with E-state index in [4.69, 9.17) is 11.5 Å².